The number of amides is 1. The molecule has 0 aromatic heterocycles. The van der Waals surface area contributed by atoms with E-state index in [0.29, 0.717) is 39.0 Å². The van der Waals surface area contributed by atoms with Crippen LogP contribution in [0.4, 0.5) is 0 Å². The largest absolute Gasteiger partial charge is 0.489 e. The van der Waals surface area contributed by atoms with E-state index in [-0.39, 0.29) is 11.8 Å². The molecule has 4 rings (SSSR count). The van der Waals surface area contributed by atoms with Crippen molar-refractivity contribution in [1.82, 2.24) is 10.2 Å². The van der Waals surface area contributed by atoms with E-state index in [1.165, 1.54) is 7.11 Å². The third-order valence-corrected chi connectivity index (χ3v) is 7.21. The van der Waals surface area contributed by atoms with Gasteiger partial charge < -0.3 is 19.5 Å². The molecule has 1 saturated heterocycles. The Balaban J connectivity index is 1.23. The number of methoxy groups -OCH3 is 1. The Hall–Kier alpha value is -3.68. The maximum atomic E-state index is 12.7. The second kappa shape index (κ2) is 14.5. The van der Waals surface area contributed by atoms with Gasteiger partial charge >= 0.3 is 5.97 Å². The highest BCUT2D eigenvalue weighted by Crippen LogP contribution is 2.23. The molecule has 39 heavy (non-hydrogen) atoms. The van der Waals surface area contributed by atoms with Crippen molar-refractivity contribution in [2.24, 2.45) is 5.92 Å². The molecule has 0 saturated carbocycles. The van der Waals surface area contributed by atoms with Crippen molar-refractivity contribution >= 4 is 11.9 Å². The Morgan fingerprint density at radius 3 is 2.13 bits per heavy atom. The van der Waals surface area contributed by atoms with Gasteiger partial charge in [0, 0.05) is 13.1 Å². The second-order valence-corrected chi connectivity index (χ2v) is 10.1. The van der Waals surface area contributed by atoms with Crippen LogP contribution < -0.4 is 10.1 Å². The van der Waals surface area contributed by atoms with E-state index >= 15 is 0 Å². The van der Waals surface area contributed by atoms with Crippen LogP contribution in [0.15, 0.2) is 84.9 Å². The van der Waals surface area contributed by atoms with Crippen molar-refractivity contribution in [1.29, 1.82) is 0 Å². The highest BCUT2D eigenvalue weighted by Gasteiger charge is 2.27. The summed E-state index contributed by atoms with van der Waals surface area (Å²) in [7, 11) is 1.35. The molecule has 2 atom stereocenters. The third kappa shape index (κ3) is 8.94. The first-order valence-electron chi connectivity index (χ1n) is 13.6. The molecule has 0 radical (unpaired) electrons. The van der Waals surface area contributed by atoms with Crippen LogP contribution in [0.25, 0.3) is 0 Å². The fourth-order valence-corrected chi connectivity index (χ4v) is 4.97. The van der Waals surface area contributed by atoms with Crippen LogP contribution in [-0.4, -0.2) is 54.4 Å². The summed E-state index contributed by atoms with van der Waals surface area (Å²) >= 11 is 0. The van der Waals surface area contributed by atoms with Crippen molar-refractivity contribution in [2.75, 3.05) is 20.2 Å². The fourth-order valence-electron chi connectivity index (χ4n) is 4.97. The predicted octanol–water partition coefficient (Wildman–Crippen LogP) is 4.13. The topological polar surface area (TPSA) is 88.1 Å². The lowest BCUT2D eigenvalue weighted by molar-refractivity contribution is -0.144. The summed E-state index contributed by atoms with van der Waals surface area (Å²) in [5, 5.41) is 13.8. The molecule has 0 spiro atoms. The molecule has 7 nitrogen and oxygen atoms in total. The van der Waals surface area contributed by atoms with Gasteiger partial charge in [-0.25, -0.2) is 0 Å². The molecule has 1 aliphatic rings. The summed E-state index contributed by atoms with van der Waals surface area (Å²) in [4.78, 5) is 27.0. The van der Waals surface area contributed by atoms with E-state index in [2.05, 4.69) is 5.32 Å². The molecule has 1 fully saturated rings. The number of piperidine rings is 1. The summed E-state index contributed by atoms with van der Waals surface area (Å²) in [6.45, 7) is 1.85. The summed E-state index contributed by atoms with van der Waals surface area (Å²) in [6.07, 6.45) is 2.12. The maximum absolute atomic E-state index is 12.7. The lowest BCUT2D eigenvalue weighted by Crippen LogP contribution is -2.47. The van der Waals surface area contributed by atoms with Crippen LogP contribution >= 0.6 is 0 Å². The van der Waals surface area contributed by atoms with Gasteiger partial charge in [-0.2, -0.15) is 0 Å². The van der Waals surface area contributed by atoms with E-state index in [4.69, 9.17) is 9.47 Å². The van der Waals surface area contributed by atoms with Crippen LogP contribution in [0.3, 0.4) is 0 Å². The maximum Gasteiger partial charge on any atom is 0.323 e. The van der Waals surface area contributed by atoms with Crippen molar-refractivity contribution in [3.05, 3.63) is 102 Å². The molecular formula is C32H38N2O5. The van der Waals surface area contributed by atoms with Gasteiger partial charge in [-0.05, 0) is 60.4 Å². The number of carbonyl (C=O) groups is 2. The zero-order valence-corrected chi connectivity index (χ0v) is 22.5. The summed E-state index contributed by atoms with van der Waals surface area (Å²) in [5.41, 5.74) is 3.05. The van der Waals surface area contributed by atoms with Gasteiger partial charge in [0.25, 0.3) is 0 Å². The average molecular weight is 531 g/mol. The number of likely N-dealkylation sites (tertiary alicyclic amines) is 1. The second-order valence-electron chi connectivity index (χ2n) is 10.1. The number of rotatable bonds is 12. The Kier molecular flexibility index (Phi) is 10.5. The number of nitrogens with zero attached hydrogens (tertiary/aromatic N) is 1. The number of benzene rings is 3. The molecule has 1 aliphatic heterocycles. The number of ether oxygens (including phenoxy) is 2. The van der Waals surface area contributed by atoms with E-state index in [0.717, 1.165) is 35.3 Å². The van der Waals surface area contributed by atoms with Gasteiger partial charge in [-0.1, -0.05) is 72.8 Å². The minimum Gasteiger partial charge on any atom is -0.489 e. The van der Waals surface area contributed by atoms with E-state index < -0.39 is 18.2 Å². The van der Waals surface area contributed by atoms with Crippen LogP contribution in [0.1, 0.15) is 36.0 Å². The third-order valence-electron chi connectivity index (χ3n) is 7.21. The molecule has 3 aromatic carbocycles. The molecule has 1 amide bonds. The first-order valence-corrected chi connectivity index (χ1v) is 13.6. The fraction of sp³-hybridized carbons (Fsp3) is 0.375. The van der Waals surface area contributed by atoms with Crippen molar-refractivity contribution in [2.45, 2.75) is 51.0 Å². The van der Waals surface area contributed by atoms with Crippen molar-refractivity contribution in [3.8, 4) is 5.75 Å². The van der Waals surface area contributed by atoms with Gasteiger partial charge in [0.2, 0.25) is 5.91 Å². The number of nitrogens with one attached hydrogen (secondary N) is 1. The lowest BCUT2D eigenvalue weighted by Gasteiger charge is -2.33. The number of esters is 1. The normalized spacial score (nSPS) is 15.4. The molecule has 1 heterocycles. The summed E-state index contributed by atoms with van der Waals surface area (Å²) < 4.78 is 10.8. The zero-order valence-electron chi connectivity index (χ0n) is 22.5. The molecule has 7 heteroatoms. The first-order chi connectivity index (χ1) is 19.0. The number of carbonyl (C=O) groups excluding carboxylic acids is 2. The van der Waals surface area contributed by atoms with E-state index in [9.17, 15) is 14.7 Å². The smallest absolute Gasteiger partial charge is 0.323 e. The lowest BCUT2D eigenvalue weighted by atomic mass is 9.92. The van der Waals surface area contributed by atoms with E-state index in [1.807, 2.05) is 89.8 Å². The van der Waals surface area contributed by atoms with Gasteiger partial charge in [0.05, 0.1) is 13.5 Å². The average Bonchev–Trinajstić information content (AvgIpc) is 2.97. The number of hydrogen-bond acceptors (Lipinski definition) is 6. The molecular weight excluding hydrogens is 492 g/mol. The highest BCUT2D eigenvalue weighted by atomic mass is 16.5. The summed E-state index contributed by atoms with van der Waals surface area (Å²) in [5.74, 6) is 0.742. The standard InChI is InChI=1S/C32H38N2O5/c1-38-32(37)29(20-25-12-14-28(15-13-25)39-23-27-10-6-3-7-11-27)33-30(35)21-26-16-18-34(19-17-26)31(36)22-24-8-4-2-5-9-24/h2-15,26,29-30,33,35H,16-23H2,1H3/t29-,30?/m0/s1. The van der Waals surface area contributed by atoms with Crippen LogP contribution in [0, 0.1) is 5.92 Å². The molecule has 0 aliphatic carbocycles. The van der Waals surface area contributed by atoms with Gasteiger partial charge in [0.1, 0.15) is 24.6 Å². The van der Waals surface area contributed by atoms with Crippen molar-refractivity contribution in [3.63, 3.8) is 0 Å². The molecule has 1 unspecified atom stereocenters. The minimum atomic E-state index is -0.848. The van der Waals surface area contributed by atoms with Crippen LogP contribution in [0.2, 0.25) is 0 Å². The first kappa shape index (κ1) is 28.3. The van der Waals surface area contributed by atoms with Gasteiger partial charge in [0.15, 0.2) is 0 Å². The van der Waals surface area contributed by atoms with Gasteiger partial charge in [-0.15, -0.1) is 0 Å². The molecule has 2 N–H and O–H groups in total. The Morgan fingerprint density at radius 2 is 1.51 bits per heavy atom. The minimum absolute atomic E-state index is 0.139. The highest BCUT2D eigenvalue weighted by molar-refractivity contribution is 5.78. The van der Waals surface area contributed by atoms with E-state index in [1.54, 1.807) is 0 Å². The summed E-state index contributed by atoms with van der Waals surface area (Å²) in [6, 6.07) is 26.7. The molecule has 0 bridgehead atoms. The quantitative estimate of drug-likeness (QED) is 0.271. The molecule has 206 valence electrons. The number of aliphatic hydroxyl groups is 1. The number of hydrogen-bond donors (Lipinski definition) is 2. The van der Waals surface area contributed by atoms with Crippen LogP contribution in [-0.2, 0) is 33.8 Å². The Labute approximate surface area is 230 Å². The van der Waals surface area contributed by atoms with Crippen LogP contribution in [0.5, 0.6) is 5.75 Å². The SMILES string of the molecule is COC(=O)[C@H](Cc1ccc(OCc2ccccc2)cc1)NC(O)CC1CCN(C(=O)Cc2ccccc2)CC1. The zero-order chi connectivity index (χ0) is 27.5. The number of aliphatic hydroxyl groups excluding tert-OH is 1. The van der Waals surface area contributed by atoms with Gasteiger partial charge in [-0.3, -0.25) is 14.9 Å². The Morgan fingerprint density at radius 1 is 0.897 bits per heavy atom. The Bertz CT molecular complexity index is 1160. The van der Waals surface area contributed by atoms with Crippen molar-refractivity contribution < 1.29 is 24.2 Å². The monoisotopic (exact) mass is 530 g/mol. The predicted molar refractivity (Wildman–Crippen MR) is 150 cm³/mol. The molecule has 3 aromatic rings.